The van der Waals surface area contributed by atoms with Crippen LogP contribution in [0.25, 0.3) is 0 Å². The molecule has 0 heterocycles. The van der Waals surface area contributed by atoms with Crippen molar-refractivity contribution in [2.75, 3.05) is 6.61 Å². The summed E-state index contributed by atoms with van der Waals surface area (Å²) in [5, 5.41) is 22.0. The van der Waals surface area contributed by atoms with Gasteiger partial charge in [-0.05, 0) is 44.9 Å². The first-order valence-electron chi connectivity index (χ1n) is 10.7. The summed E-state index contributed by atoms with van der Waals surface area (Å²) in [6.45, 7) is 3.88. The predicted octanol–water partition coefficient (Wildman–Crippen LogP) is 4.82. The van der Waals surface area contributed by atoms with Gasteiger partial charge >= 0.3 is 0 Å². The van der Waals surface area contributed by atoms with Crippen molar-refractivity contribution in [3.8, 4) is 0 Å². The zero-order valence-electron chi connectivity index (χ0n) is 17.4. The zero-order valence-corrected chi connectivity index (χ0v) is 17.4. The summed E-state index contributed by atoms with van der Waals surface area (Å²) in [7, 11) is 0. The molecule has 0 saturated heterocycles. The lowest BCUT2D eigenvalue weighted by Gasteiger charge is -2.19. The minimum atomic E-state index is -0.859. The molecule has 0 saturated carbocycles. The first-order valence-corrected chi connectivity index (χ1v) is 10.7. The van der Waals surface area contributed by atoms with Crippen molar-refractivity contribution in [1.82, 2.24) is 5.32 Å². The molecule has 0 radical (unpaired) electrons. The van der Waals surface area contributed by atoms with Gasteiger partial charge in [-0.3, -0.25) is 4.79 Å². The quantitative estimate of drug-likeness (QED) is 0.250. The van der Waals surface area contributed by atoms with E-state index in [2.05, 4.69) is 36.5 Å². The number of nitrogens with one attached hydrogen (secondary N) is 1. The van der Waals surface area contributed by atoms with E-state index < -0.39 is 12.1 Å². The smallest absolute Gasteiger partial charge is 0.220 e. The number of hydrogen-bond acceptors (Lipinski definition) is 3. The number of allylic oxidation sites excluding steroid dienone is 5. The van der Waals surface area contributed by atoms with Gasteiger partial charge in [-0.25, -0.2) is 0 Å². The van der Waals surface area contributed by atoms with Crippen molar-refractivity contribution < 1.29 is 15.0 Å². The average Bonchev–Trinajstić information content (AvgIpc) is 2.66. The van der Waals surface area contributed by atoms with E-state index in [9.17, 15) is 15.0 Å². The summed E-state index contributed by atoms with van der Waals surface area (Å²) in [6.07, 6.45) is 23.2. The lowest BCUT2D eigenvalue weighted by atomic mass is 10.1. The molecule has 2 unspecified atom stereocenters. The largest absolute Gasteiger partial charge is 0.394 e. The number of carbonyl (C=O) groups excluding carboxylic acids is 1. The highest BCUT2D eigenvalue weighted by atomic mass is 16.3. The van der Waals surface area contributed by atoms with Crippen LogP contribution in [0.1, 0.15) is 84.5 Å². The second kappa shape index (κ2) is 19.4. The number of unbranched alkanes of at least 4 members (excludes halogenated alkanes) is 6. The summed E-state index contributed by atoms with van der Waals surface area (Å²) in [6, 6.07) is -0.635. The fourth-order valence-corrected chi connectivity index (χ4v) is 2.66. The molecule has 0 bridgehead atoms. The third-order valence-electron chi connectivity index (χ3n) is 4.32. The van der Waals surface area contributed by atoms with Crippen molar-refractivity contribution in [2.24, 2.45) is 0 Å². The molecule has 0 spiro atoms. The summed E-state index contributed by atoms with van der Waals surface area (Å²) >= 11 is 0. The molecule has 0 aliphatic rings. The molecule has 0 aliphatic carbocycles. The van der Waals surface area contributed by atoms with E-state index in [0.29, 0.717) is 6.42 Å². The Hall–Kier alpha value is -1.39. The van der Waals surface area contributed by atoms with Crippen molar-refractivity contribution >= 4 is 5.91 Å². The minimum absolute atomic E-state index is 0.137. The highest BCUT2D eigenvalue weighted by Gasteiger charge is 2.17. The van der Waals surface area contributed by atoms with Gasteiger partial charge in [-0.1, -0.05) is 69.6 Å². The maximum absolute atomic E-state index is 11.5. The monoisotopic (exact) mass is 379 g/mol. The molecule has 0 fully saturated rings. The lowest BCUT2D eigenvalue weighted by Crippen LogP contribution is -2.45. The van der Waals surface area contributed by atoms with Gasteiger partial charge in [-0.15, -0.1) is 0 Å². The standard InChI is InChI=1S/C23H41NO3/c1-3-5-6-7-8-9-10-11-12-13-14-15-16-17-19-22(26)21(20-25)24-23(27)18-4-2/h9-10,13-14,17,19,21-22,25-26H,3-8,11-12,15-16,18,20H2,1-2H3,(H,24,27)/b10-9+,14-13+,19-17+. The van der Waals surface area contributed by atoms with Crippen LogP contribution in [0.2, 0.25) is 0 Å². The van der Waals surface area contributed by atoms with E-state index in [1.807, 2.05) is 13.0 Å². The van der Waals surface area contributed by atoms with Gasteiger partial charge in [0.15, 0.2) is 0 Å². The van der Waals surface area contributed by atoms with Crippen LogP contribution in [0.15, 0.2) is 36.5 Å². The number of aliphatic hydroxyl groups is 2. The molecule has 4 heteroatoms. The van der Waals surface area contributed by atoms with Gasteiger partial charge < -0.3 is 15.5 Å². The Labute approximate surface area is 166 Å². The minimum Gasteiger partial charge on any atom is -0.394 e. The number of hydrogen-bond donors (Lipinski definition) is 3. The Bertz CT molecular complexity index is 429. The molecular formula is C23H41NO3. The molecular weight excluding hydrogens is 338 g/mol. The first-order chi connectivity index (χ1) is 13.2. The van der Waals surface area contributed by atoms with Crippen molar-refractivity contribution in [1.29, 1.82) is 0 Å². The molecule has 27 heavy (non-hydrogen) atoms. The van der Waals surface area contributed by atoms with Gasteiger partial charge in [0.1, 0.15) is 0 Å². The molecule has 4 nitrogen and oxygen atoms in total. The Morgan fingerprint density at radius 2 is 1.44 bits per heavy atom. The van der Waals surface area contributed by atoms with E-state index in [1.165, 1.54) is 32.1 Å². The Morgan fingerprint density at radius 1 is 0.852 bits per heavy atom. The third-order valence-corrected chi connectivity index (χ3v) is 4.32. The molecule has 2 atom stereocenters. The van der Waals surface area contributed by atoms with Crippen LogP contribution in [0.5, 0.6) is 0 Å². The highest BCUT2D eigenvalue weighted by molar-refractivity contribution is 5.76. The van der Waals surface area contributed by atoms with E-state index in [0.717, 1.165) is 32.1 Å². The van der Waals surface area contributed by atoms with Crippen molar-refractivity contribution in [2.45, 2.75) is 96.6 Å². The molecule has 0 aliphatic heterocycles. The van der Waals surface area contributed by atoms with E-state index in [-0.39, 0.29) is 12.5 Å². The SMILES string of the molecule is CCCCCC/C=C/CC/C=C/CC/C=C/C(O)C(CO)NC(=O)CCC. The topological polar surface area (TPSA) is 69.6 Å². The van der Waals surface area contributed by atoms with Crippen molar-refractivity contribution in [3.05, 3.63) is 36.5 Å². The van der Waals surface area contributed by atoms with Crippen LogP contribution in [-0.2, 0) is 4.79 Å². The van der Waals surface area contributed by atoms with Gasteiger partial charge in [0.05, 0.1) is 18.8 Å². The highest BCUT2D eigenvalue weighted by Crippen LogP contribution is 2.05. The summed E-state index contributed by atoms with van der Waals surface area (Å²) in [5.41, 5.74) is 0. The molecule has 0 aromatic rings. The van der Waals surface area contributed by atoms with Gasteiger partial charge in [0, 0.05) is 6.42 Å². The van der Waals surface area contributed by atoms with Crippen molar-refractivity contribution in [3.63, 3.8) is 0 Å². The van der Waals surface area contributed by atoms with Crippen LogP contribution in [0.4, 0.5) is 0 Å². The Morgan fingerprint density at radius 3 is 2.00 bits per heavy atom. The Kier molecular flexibility index (Phi) is 18.4. The van der Waals surface area contributed by atoms with Gasteiger partial charge in [0.25, 0.3) is 0 Å². The summed E-state index contributed by atoms with van der Waals surface area (Å²) in [4.78, 5) is 11.5. The summed E-state index contributed by atoms with van der Waals surface area (Å²) in [5.74, 6) is -0.137. The van der Waals surface area contributed by atoms with Gasteiger partial charge in [-0.2, -0.15) is 0 Å². The molecule has 3 N–H and O–H groups in total. The average molecular weight is 380 g/mol. The van der Waals surface area contributed by atoms with Gasteiger partial charge in [0.2, 0.25) is 5.91 Å². The Balaban J connectivity index is 3.78. The van der Waals surface area contributed by atoms with E-state index >= 15 is 0 Å². The number of rotatable bonds is 17. The van der Waals surface area contributed by atoms with Crippen LogP contribution >= 0.6 is 0 Å². The lowest BCUT2D eigenvalue weighted by molar-refractivity contribution is -0.122. The third kappa shape index (κ3) is 16.5. The molecule has 0 aromatic heterocycles. The van der Waals surface area contributed by atoms with Crippen LogP contribution < -0.4 is 5.32 Å². The number of amides is 1. The van der Waals surface area contributed by atoms with E-state index in [4.69, 9.17) is 0 Å². The normalized spacial score (nSPS) is 14.4. The van der Waals surface area contributed by atoms with Crippen LogP contribution in [-0.4, -0.2) is 34.9 Å². The predicted molar refractivity (Wildman–Crippen MR) is 115 cm³/mol. The fourth-order valence-electron chi connectivity index (χ4n) is 2.66. The fraction of sp³-hybridized carbons (Fsp3) is 0.696. The van der Waals surface area contributed by atoms with Crippen LogP contribution in [0, 0.1) is 0 Å². The first kappa shape index (κ1) is 25.6. The molecule has 1 amide bonds. The maximum atomic E-state index is 11.5. The van der Waals surface area contributed by atoms with E-state index in [1.54, 1.807) is 6.08 Å². The zero-order chi connectivity index (χ0) is 20.2. The van der Waals surface area contributed by atoms with Crippen LogP contribution in [0.3, 0.4) is 0 Å². The maximum Gasteiger partial charge on any atom is 0.220 e. The summed E-state index contributed by atoms with van der Waals surface area (Å²) < 4.78 is 0. The second-order valence-electron chi connectivity index (χ2n) is 6.97. The number of carbonyl (C=O) groups is 1. The molecule has 0 rings (SSSR count). The molecule has 0 aromatic carbocycles. The second-order valence-corrected chi connectivity index (χ2v) is 6.97. The number of aliphatic hydroxyl groups excluding tert-OH is 2. The molecule has 156 valence electrons.